The van der Waals surface area contributed by atoms with Gasteiger partial charge in [0, 0.05) is 42.2 Å². The van der Waals surface area contributed by atoms with Gasteiger partial charge in [0.15, 0.2) is 0 Å². The summed E-state index contributed by atoms with van der Waals surface area (Å²) in [7, 11) is -1.59. The van der Waals surface area contributed by atoms with E-state index in [1.165, 1.54) is 0 Å². The van der Waals surface area contributed by atoms with Crippen LogP contribution in [-0.4, -0.2) is 73.1 Å². The van der Waals surface area contributed by atoms with Crippen molar-refractivity contribution in [1.29, 1.82) is 0 Å². The van der Waals surface area contributed by atoms with Crippen LogP contribution in [0.4, 0.5) is 0 Å². The lowest BCUT2D eigenvalue weighted by Gasteiger charge is -2.33. The largest absolute Gasteiger partial charge is 0.379 e. The van der Waals surface area contributed by atoms with Crippen molar-refractivity contribution in [2.24, 2.45) is 0 Å². The number of sulfonamides is 1. The number of fused-ring (bicyclic) bond motifs is 1. The number of nitrogens with one attached hydrogen (secondary N) is 1. The molecular weight excluding hydrogens is 511 g/mol. The van der Waals surface area contributed by atoms with Crippen LogP contribution in [0.2, 0.25) is 10.0 Å². The van der Waals surface area contributed by atoms with E-state index in [9.17, 15) is 8.42 Å². The molecule has 1 unspecified atom stereocenters. The maximum Gasteiger partial charge on any atom is 0.240 e. The summed E-state index contributed by atoms with van der Waals surface area (Å²) in [6, 6.07) is 10.7. The highest BCUT2D eigenvalue weighted by molar-refractivity contribution is 7.89. The lowest BCUT2D eigenvalue weighted by atomic mass is 9.85. The molecule has 0 bridgehead atoms. The number of benzene rings is 2. The van der Waals surface area contributed by atoms with Gasteiger partial charge in [-0.1, -0.05) is 42.3 Å². The van der Waals surface area contributed by atoms with Crippen molar-refractivity contribution in [1.82, 2.24) is 9.62 Å². The van der Waals surface area contributed by atoms with E-state index in [-0.39, 0.29) is 24.0 Å². The fraction of sp³-hybridized carbons (Fsp3) is 0.520. The zero-order valence-corrected chi connectivity index (χ0v) is 22.6. The first kappa shape index (κ1) is 28.3. The van der Waals surface area contributed by atoms with E-state index in [4.69, 9.17) is 37.4 Å². The molecule has 2 aromatic carbocycles. The summed E-state index contributed by atoms with van der Waals surface area (Å²) in [6.45, 7) is 6.71. The van der Waals surface area contributed by atoms with Crippen molar-refractivity contribution >= 4 is 33.2 Å². The van der Waals surface area contributed by atoms with Gasteiger partial charge in [-0.05, 0) is 54.4 Å². The third kappa shape index (κ3) is 8.40. The van der Waals surface area contributed by atoms with Gasteiger partial charge in [-0.2, -0.15) is 0 Å². The minimum absolute atomic E-state index is 0.0542. The van der Waals surface area contributed by atoms with E-state index in [0.29, 0.717) is 36.5 Å². The second-order valence-electron chi connectivity index (χ2n) is 8.51. The third-order valence-corrected chi connectivity index (χ3v) is 7.75. The number of halogens is 2. The standard InChI is InChI=1S/C25H34Cl2N2O5S/c1-3-9-32-11-13-34-14-12-33-10-8-28-35(30,31)21-6-4-19(5-7-21)23-17-29(2)18-24-22(23)15-20(26)16-25(24)27/h4-7,15-16,23,28H,3,8-14,17-18H2,1-2H3. The van der Waals surface area contributed by atoms with Crippen LogP contribution in [0.15, 0.2) is 41.3 Å². The molecule has 0 spiro atoms. The summed E-state index contributed by atoms with van der Waals surface area (Å²) in [5.41, 5.74) is 3.16. The molecule has 0 saturated carbocycles. The Kier molecular flexibility index (Phi) is 11.3. The van der Waals surface area contributed by atoms with Gasteiger partial charge in [-0.3, -0.25) is 0 Å². The molecule has 3 rings (SSSR count). The Morgan fingerprint density at radius 1 is 0.971 bits per heavy atom. The van der Waals surface area contributed by atoms with Crippen molar-refractivity contribution in [2.75, 3.05) is 59.8 Å². The number of hydrogen-bond donors (Lipinski definition) is 1. The molecule has 2 aromatic rings. The molecule has 0 saturated heterocycles. The number of nitrogens with zero attached hydrogens (tertiary/aromatic N) is 1. The zero-order chi connectivity index (χ0) is 25.3. The summed E-state index contributed by atoms with van der Waals surface area (Å²) in [6.07, 6.45) is 0.987. The SMILES string of the molecule is CCCOCCOCCOCCNS(=O)(=O)c1ccc(C2CN(C)Cc3c(Cl)cc(Cl)cc32)cc1. The van der Waals surface area contributed by atoms with Crippen LogP contribution >= 0.6 is 23.2 Å². The average molecular weight is 546 g/mol. The van der Waals surface area contributed by atoms with Crippen molar-refractivity contribution in [3.63, 3.8) is 0 Å². The first-order chi connectivity index (χ1) is 16.8. The molecule has 0 radical (unpaired) electrons. The minimum atomic E-state index is -3.63. The van der Waals surface area contributed by atoms with Gasteiger partial charge in [0.2, 0.25) is 10.0 Å². The Balaban J connectivity index is 1.49. The highest BCUT2D eigenvalue weighted by Gasteiger charge is 2.27. The third-order valence-electron chi connectivity index (χ3n) is 5.72. The predicted octanol–water partition coefficient (Wildman–Crippen LogP) is 4.31. The maximum atomic E-state index is 12.7. The van der Waals surface area contributed by atoms with Crippen LogP contribution in [0.1, 0.15) is 36.0 Å². The molecule has 1 aliphatic heterocycles. The molecule has 0 fully saturated rings. The van der Waals surface area contributed by atoms with Gasteiger partial charge in [-0.25, -0.2) is 13.1 Å². The van der Waals surface area contributed by atoms with E-state index in [1.807, 2.05) is 25.2 Å². The van der Waals surface area contributed by atoms with E-state index >= 15 is 0 Å². The first-order valence-corrected chi connectivity index (χ1v) is 14.0. The molecular formula is C25H34Cl2N2O5S. The molecule has 0 aromatic heterocycles. The highest BCUT2D eigenvalue weighted by Crippen LogP contribution is 2.38. The number of ether oxygens (including phenoxy) is 3. The second kappa shape index (κ2) is 13.9. The monoisotopic (exact) mass is 544 g/mol. The van der Waals surface area contributed by atoms with Gasteiger partial charge in [-0.15, -0.1) is 0 Å². The van der Waals surface area contributed by atoms with Crippen LogP contribution in [0.25, 0.3) is 0 Å². The van der Waals surface area contributed by atoms with Crippen molar-refractivity contribution in [3.05, 3.63) is 63.1 Å². The molecule has 1 aliphatic rings. The smallest absolute Gasteiger partial charge is 0.240 e. The first-order valence-electron chi connectivity index (χ1n) is 11.8. The fourth-order valence-corrected chi connectivity index (χ4v) is 5.61. The van der Waals surface area contributed by atoms with Gasteiger partial charge in [0.25, 0.3) is 0 Å². The summed E-state index contributed by atoms with van der Waals surface area (Å²) in [5, 5.41) is 1.25. The minimum Gasteiger partial charge on any atom is -0.379 e. The van der Waals surface area contributed by atoms with Crippen molar-refractivity contribution in [2.45, 2.75) is 30.7 Å². The summed E-state index contributed by atoms with van der Waals surface area (Å²) in [5.74, 6) is 0.0542. The lowest BCUT2D eigenvalue weighted by Crippen LogP contribution is -2.31. The quantitative estimate of drug-likeness (QED) is 0.357. The lowest BCUT2D eigenvalue weighted by molar-refractivity contribution is 0.0158. The van der Waals surface area contributed by atoms with E-state index in [2.05, 4.69) is 16.5 Å². The van der Waals surface area contributed by atoms with Crippen LogP contribution in [0.5, 0.6) is 0 Å². The van der Waals surface area contributed by atoms with Crippen LogP contribution < -0.4 is 4.72 Å². The summed E-state index contributed by atoms with van der Waals surface area (Å²) < 4.78 is 44.1. The Hall–Kier alpha value is -1.23. The molecule has 0 amide bonds. The molecule has 1 N–H and O–H groups in total. The zero-order valence-electron chi connectivity index (χ0n) is 20.3. The van der Waals surface area contributed by atoms with Gasteiger partial charge < -0.3 is 19.1 Å². The normalized spacial score (nSPS) is 16.4. The van der Waals surface area contributed by atoms with Gasteiger partial charge in [0.1, 0.15) is 0 Å². The van der Waals surface area contributed by atoms with Crippen LogP contribution in [0, 0.1) is 0 Å². The van der Waals surface area contributed by atoms with E-state index in [0.717, 1.165) is 42.8 Å². The van der Waals surface area contributed by atoms with Gasteiger partial charge >= 0.3 is 0 Å². The molecule has 1 atom stereocenters. The molecule has 0 aliphatic carbocycles. The van der Waals surface area contributed by atoms with Crippen molar-refractivity contribution < 1.29 is 22.6 Å². The van der Waals surface area contributed by atoms with Crippen LogP contribution in [-0.2, 0) is 30.8 Å². The molecule has 194 valence electrons. The second-order valence-corrected chi connectivity index (χ2v) is 11.1. The highest BCUT2D eigenvalue weighted by atomic mass is 35.5. The Labute approximate surface area is 218 Å². The Morgan fingerprint density at radius 3 is 2.26 bits per heavy atom. The van der Waals surface area contributed by atoms with E-state index in [1.54, 1.807) is 18.2 Å². The van der Waals surface area contributed by atoms with Crippen molar-refractivity contribution in [3.8, 4) is 0 Å². The maximum absolute atomic E-state index is 12.7. The molecule has 35 heavy (non-hydrogen) atoms. The molecule has 7 nitrogen and oxygen atoms in total. The van der Waals surface area contributed by atoms with E-state index < -0.39 is 10.0 Å². The topological polar surface area (TPSA) is 77.1 Å². The Bertz CT molecular complexity index is 1050. The van der Waals surface area contributed by atoms with Gasteiger partial charge in [0.05, 0.1) is 37.9 Å². The summed E-state index contributed by atoms with van der Waals surface area (Å²) >= 11 is 12.7. The fourth-order valence-electron chi connectivity index (χ4n) is 4.03. The summed E-state index contributed by atoms with van der Waals surface area (Å²) in [4.78, 5) is 2.41. The number of hydrogen-bond acceptors (Lipinski definition) is 6. The molecule has 10 heteroatoms. The Morgan fingerprint density at radius 2 is 1.60 bits per heavy atom. The predicted molar refractivity (Wildman–Crippen MR) is 139 cm³/mol. The van der Waals surface area contributed by atoms with Crippen LogP contribution in [0.3, 0.4) is 0 Å². The molecule has 1 heterocycles. The number of likely N-dealkylation sites (N-methyl/N-ethyl adjacent to an activating group) is 1. The number of rotatable bonds is 14. The average Bonchev–Trinajstić information content (AvgIpc) is 2.83.